The summed E-state index contributed by atoms with van der Waals surface area (Å²) in [5.41, 5.74) is 1.94. The van der Waals surface area contributed by atoms with Crippen molar-refractivity contribution >= 4 is 5.82 Å². The lowest BCUT2D eigenvalue weighted by molar-refractivity contribution is 0.205. The third kappa shape index (κ3) is 3.96. The molecule has 0 aliphatic heterocycles. The van der Waals surface area contributed by atoms with Gasteiger partial charge in [0.05, 0.1) is 13.2 Å². The molecule has 0 atom stereocenters. The average molecular weight is 252 g/mol. The normalized spacial score (nSPS) is 11.0. The smallest absolute Gasteiger partial charge is 0.129 e. The third-order valence-corrected chi connectivity index (χ3v) is 2.94. The van der Waals surface area contributed by atoms with Crippen molar-refractivity contribution in [3.05, 3.63) is 23.4 Å². The number of rotatable bonds is 7. The number of anilines is 1. The minimum atomic E-state index is 0.0527. The number of nitrogens with zero attached hydrogens (tertiary/aromatic N) is 2. The van der Waals surface area contributed by atoms with Gasteiger partial charge >= 0.3 is 0 Å². The van der Waals surface area contributed by atoms with Crippen molar-refractivity contribution in [1.29, 1.82) is 0 Å². The van der Waals surface area contributed by atoms with Gasteiger partial charge in [0.1, 0.15) is 5.82 Å². The maximum absolute atomic E-state index is 9.33. The van der Waals surface area contributed by atoms with Crippen molar-refractivity contribution in [1.82, 2.24) is 4.98 Å². The highest BCUT2D eigenvalue weighted by Gasteiger charge is 2.10. The highest BCUT2D eigenvalue weighted by Crippen LogP contribution is 2.20. The van der Waals surface area contributed by atoms with Crippen molar-refractivity contribution in [2.45, 2.75) is 33.3 Å². The first kappa shape index (κ1) is 14.9. The Morgan fingerprint density at radius 1 is 1.39 bits per heavy atom. The zero-order valence-corrected chi connectivity index (χ0v) is 11.8. The van der Waals surface area contributed by atoms with Crippen LogP contribution in [-0.2, 0) is 11.3 Å². The summed E-state index contributed by atoms with van der Waals surface area (Å²) in [4.78, 5) is 6.83. The maximum atomic E-state index is 9.33. The predicted octanol–water partition coefficient (Wildman–Crippen LogP) is 2.17. The maximum Gasteiger partial charge on any atom is 0.129 e. The standard InChI is InChI=1S/C14H24N2O2/c1-5-16(6-7-18-4)14-9-12(10-17)8-13(15-14)11(2)3/h8-9,11,17H,5-7,10H2,1-4H3. The molecule has 0 spiro atoms. The highest BCUT2D eigenvalue weighted by molar-refractivity contribution is 5.43. The summed E-state index contributed by atoms with van der Waals surface area (Å²) in [5, 5.41) is 9.33. The number of ether oxygens (including phenoxy) is 1. The van der Waals surface area contributed by atoms with Crippen LogP contribution in [0.5, 0.6) is 0 Å². The van der Waals surface area contributed by atoms with Gasteiger partial charge in [-0.1, -0.05) is 13.8 Å². The van der Waals surface area contributed by atoms with Crippen LogP contribution in [0.3, 0.4) is 0 Å². The Hall–Kier alpha value is -1.13. The average Bonchev–Trinajstić information content (AvgIpc) is 2.39. The second-order valence-electron chi connectivity index (χ2n) is 4.64. The van der Waals surface area contributed by atoms with Gasteiger partial charge in [-0.2, -0.15) is 0 Å². The first-order chi connectivity index (χ1) is 8.62. The van der Waals surface area contributed by atoms with Gasteiger partial charge in [0.2, 0.25) is 0 Å². The SMILES string of the molecule is CCN(CCOC)c1cc(CO)cc(C(C)C)n1. The van der Waals surface area contributed by atoms with E-state index < -0.39 is 0 Å². The zero-order chi connectivity index (χ0) is 13.5. The van der Waals surface area contributed by atoms with Crippen LogP contribution in [0.25, 0.3) is 0 Å². The van der Waals surface area contributed by atoms with Gasteiger partial charge in [-0.3, -0.25) is 0 Å². The number of aromatic nitrogens is 1. The largest absolute Gasteiger partial charge is 0.392 e. The van der Waals surface area contributed by atoms with Gasteiger partial charge in [0.15, 0.2) is 0 Å². The minimum absolute atomic E-state index is 0.0527. The van der Waals surface area contributed by atoms with Gasteiger partial charge in [-0.25, -0.2) is 4.98 Å². The van der Waals surface area contributed by atoms with Gasteiger partial charge in [0.25, 0.3) is 0 Å². The molecule has 4 heteroatoms. The first-order valence-electron chi connectivity index (χ1n) is 6.48. The van der Waals surface area contributed by atoms with Crippen molar-refractivity contribution in [2.75, 3.05) is 31.7 Å². The second-order valence-corrected chi connectivity index (χ2v) is 4.64. The molecule has 1 rings (SSSR count). The van der Waals surface area contributed by atoms with E-state index in [-0.39, 0.29) is 6.61 Å². The molecule has 0 fully saturated rings. The molecule has 4 nitrogen and oxygen atoms in total. The number of pyridine rings is 1. The van der Waals surface area contributed by atoms with Crippen LogP contribution in [0.15, 0.2) is 12.1 Å². The number of likely N-dealkylation sites (N-methyl/N-ethyl adjacent to an activating group) is 1. The Labute approximate surface area is 110 Å². The van der Waals surface area contributed by atoms with E-state index in [4.69, 9.17) is 4.74 Å². The molecule has 102 valence electrons. The number of hydrogen-bond donors (Lipinski definition) is 1. The van der Waals surface area contributed by atoms with Crippen molar-refractivity contribution in [3.63, 3.8) is 0 Å². The summed E-state index contributed by atoms with van der Waals surface area (Å²) >= 11 is 0. The highest BCUT2D eigenvalue weighted by atomic mass is 16.5. The summed E-state index contributed by atoms with van der Waals surface area (Å²) in [6.45, 7) is 8.73. The monoisotopic (exact) mass is 252 g/mol. The molecule has 1 aromatic rings. The molecule has 0 aliphatic carbocycles. The van der Waals surface area contributed by atoms with Crippen molar-refractivity contribution in [2.24, 2.45) is 0 Å². The van der Waals surface area contributed by atoms with E-state index in [1.807, 2.05) is 12.1 Å². The fourth-order valence-corrected chi connectivity index (χ4v) is 1.78. The summed E-state index contributed by atoms with van der Waals surface area (Å²) in [6, 6.07) is 3.92. The molecule has 1 aromatic heterocycles. The Bertz CT molecular complexity index is 367. The molecular weight excluding hydrogens is 228 g/mol. The van der Waals surface area contributed by atoms with Crippen LogP contribution in [0.1, 0.15) is 37.9 Å². The van der Waals surface area contributed by atoms with Crippen LogP contribution in [0.4, 0.5) is 5.82 Å². The van der Waals surface area contributed by atoms with E-state index in [9.17, 15) is 5.11 Å². The van der Waals surface area contributed by atoms with E-state index in [0.717, 1.165) is 30.2 Å². The van der Waals surface area contributed by atoms with Gasteiger partial charge in [-0.15, -0.1) is 0 Å². The molecule has 0 unspecified atom stereocenters. The zero-order valence-electron chi connectivity index (χ0n) is 11.8. The van der Waals surface area contributed by atoms with E-state index in [2.05, 4.69) is 30.7 Å². The molecule has 0 amide bonds. The molecule has 1 heterocycles. The van der Waals surface area contributed by atoms with Gasteiger partial charge < -0.3 is 14.7 Å². The summed E-state index contributed by atoms with van der Waals surface area (Å²) in [5.74, 6) is 1.28. The van der Waals surface area contributed by atoms with Crippen LogP contribution >= 0.6 is 0 Å². The third-order valence-electron chi connectivity index (χ3n) is 2.94. The van der Waals surface area contributed by atoms with E-state index in [1.165, 1.54) is 0 Å². The molecule has 0 saturated carbocycles. The number of aliphatic hydroxyl groups excluding tert-OH is 1. The topological polar surface area (TPSA) is 45.6 Å². The molecule has 18 heavy (non-hydrogen) atoms. The Morgan fingerprint density at radius 2 is 2.11 bits per heavy atom. The molecule has 0 radical (unpaired) electrons. The second kappa shape index (κ2) is 7.34. The minimum Gasteiger partial charge on any atom is -0.392 e. The molecule has 0 saturated heterocycles. The van der Waals surface area contributed by atoms with E-state index in [1.54, 1.807) is 7.11 Å². The Balaban J connectivity index is 3.00. The summed E-state index contributed by atoms with van der Waals surface area (Å²) < 4.78 is 5.11. The molecule has 0 aromatic carbocycles. The summed E-state index contributed by atoms with van der Waals surface area (Å²) in [7, 11) is 1.70. The predicted molar refractivity (Wildman–Crippen MR) is 74.0 cm³/mol. The number of methoxy groups -OCH3 is 1. The lowest BCUT2D eigenvalue weighted by Gasteiger charge is -2.23. The van der Waals surface area contributed by atoms with Crippen LogP contribution < -0.4 is 4.90 Å². The first-order valence-corrected chi connectivity index (χ1v) is 6.48. The molecule has 1 N–H and O–H groups in total. The summed E-state index contributed by atoms with van der Waals surface area (Å²) in [6.07, 6.45) is 0. The van der Waals surface area contributed by atoms with E-state index in [0.29, 0.717) is 12.5 Å². The van der Waals surface area contributed by atoms with Crippen molar-refractivity contribution in [3.8, 4) is 0 Å². The van der Waals surface area contributed by atoms with Crippen molar-refractivity contribution < 1.29 is 9.84 Å². The van der Waals surface area contributed by atoms with Crippen LogP contribution in [0, 0.1) is 0 Å². The fourth-order valence-electron chi connectivity index (χ4n) is 1.78. The molecular formula is C14H24N2O2. The Morgan fingerprint density at radius 3 is 2.61 bits per heavy atom. The van der Waals surface area contributed by atoms with Gasteiger partial charge in [0, 0.05) is 25.9 Å². The van der Waals surface area contributed by atoms with E-state index >= 15 is 0 Å². The van der Waals surface area contributed by atoms with Gasteiger partial charge in [-0.05, 0) is 30.5 Å². The quantitative estimate of drug-likeness (QED) is 0.808. The Kier molecular flexibility index (Phi) is 6.09. The molecule has 0 aliphatic rings. The fraction of sp³-hybridized carbons (Fsp3) is 0.643. The molecule has 0 bridgehead atoms. The van der Waals surface area contributed by atoms with Crippen LogP contribution in [0.2, 0.25) is 0 Å². The van der Waals surface area contributed by atoms with Crippen LogP contribution in [-0.4, -0.2) is 36.9 Å². The number of aliphatic hydroxyl groups is 1. The lowest BCUT2D eigenvalue weighted by atomic mass is 10.1. The number of hydrogen-bond acceptors (Lipinski definition) is 4. The lowest BCUT2D eigenvalue weighted by Crippen LogP contribution is -2.28.